The number of fused-ring (bicyclic) bond motifs is 1. The molecule has 0 amide bonds. The lowest BCUT2D eigenvalue weighted by Crippen LogP contribution is -2.31. The molecular formula is C19H15F4N5. The van der Waals surface area contributed by atoms with Crippen LogP contribution in [0.5, 0.6) is 0 Å². The van der Waals surface area contributed by atoms with E-state index in [4.69, 9.17) is 0 Å². The Kier molecular flexibility index (Phi) is 4.76. The minimum atomic E-state index is -4.55. The van der Waals surface area contributed by atoms with Crippen LogP contribution in [0.4, 0.5) is 17.6 Å². The van der Waals surface area contributed by atoms with Crippen LogP contribution in [0.15, 0.2) is 43.1 Å². The van der Waals surface area contributed by atoms with Crippen LogP contribution < -0.4 is 0 Å². The van der Waals surface area contributed by atoms with E-state index in [0.717, 1.165) is 22.9 Å². The predicted octanol–water partition coefficient (Wildman–Crippen LogP) is 3.65. The highest BCUT2D eigenvalue weighted by molar-refractivity contribution is 5.52. The predicted molar refractivity (Wildman–Crippen MR) is 92.3 cm³/mol. The molecule has 0 radical (unpaired) electrons. The molecule has 0 saturated heterocycles. The molecule has 0 atom stereocenters. The Morgan fingerprint density at radius 2 is 1.86 bits per heavy atom. The van der Waals surface area contributed by atoms with E-state index in [-0.39, 0.29) is 12.1 Å². The van der Waals surface area contributed by atoms with Gasteiger partial charge in [0.05, 0.1) is 16.8 Å². The number of alkyl halides is 3. The normalized spacial score (nSPS) is 14.7. The molecule has 1 aliphatic rings. The third kappa shape index (κ3) is 3.84. The van der Waals surface area contributed by atoms with Gasteiger partial charge in [0.2, 0.25) is 0 Å². The summed E-state index contributed by atoms with van der Waals surface area (Å²) in [5.74, 6) is -0.308. The monoisotopic (exact) mass is 389 g/mol. The zero-order chi connectivity index (χ0) is 19.7. The van der Waals surface area contributed by atoms with Crippen molar-refractivity contribution in [2.75, 3.05) is 6.54 Å². The molecule has 9 heteroatoms. The summed E-state index contributed by atoms with van der Waals surface area (Å²) in [5.41, 5.74) is 1.79. The third-order valence-electron chi connectivity index (χ3n) is 4.61. The molecule has 4 rings (SSSR count). The Labute approximate surface area is 158 Å². The molecule has 1 aliphatic heterocycles. The van der Waals surface area contributed by atoms with E-state index >= 15 is 0 Å². The molecule has 28 heavy (non-hydrogen) atoms. The number of hydrogen-bond donors (Lipinski definition) is 0. The van der Waals surface area contributed by atoms with Crippen molar-refractivity contribution in [3.63, 3.8) is 0 Å². The van der Waals surface area contributed by atoms with Crippen LogP contribution in [-0.4, -0.2) is 31.4 Å². The van der Waals surface area contributed by atoms with E-state index < -0.39 is 17.6 Å². The minimum absolute atomic E-state index is 0.220. The van der Waals surface area contributed by atoms with E-state index in [1.54, 1.807) is 18.6 Å². The molecule has 0 N–H and O–H groups in total. The standard InChI is InChI=1S/C19H15F4N5/c20-16-5-15(19(21,22)23)2-1-12(16)9-28-4-3-17-14(10-28)8-26-18(27-17)13-6-24-11-25-7-13/h1-2,5-8,11H,3-4,9-10H2. The fourth-order valence-corrected chi connectivity index (χ4v) is 3.16. The third-order valence-corrected chi connectivity index (χ3v) is 4.61. The Hall–Kier alpha value is -2.94. The number of nitrogens with zero attached hydrogens (tertiary/aromatic N) is 5. The molecule has 5 nitrogen and oxygen atoms in total. The van der Waals surface area contributed by atoms with Gasteiger partial charge in [0.15, 0.2) is 5.82 Å². The molecule has 0 spiro atoms. The summed E-state index contributed by atoms with van der Waals surface area (Å²) in [6, 6.07) is 2.65. The molecular weight excluding hydrogens is 374 g/mol. The highest BCUT2D eigenvalue weighted by atomic mass is 19.4. The number of halogens is 4. The maximum atomic E-state index is 14.1. The van der Waals surface area contributed by atoms with Gasteiger partial charge in [-0.05, 0) is 12.1 Å². The van der Waals surface area contributed by atoms with E-state index in [1.807, 2.05) is 4.90 Å². The van der Waals surface area contributed by atoms with Crippen molar-refractivity contribution in [3.05, 3.63) is 71.3 Å². The highest BCUT2D eigenvalue weighted by Crippen LogP contribution is 2.31. The number of benzene rings is 1. The van der Waals surface area contributed by atoms with E-state index in [1.165, 1.54) is 12.4 Å². The SMILES string of the molecule is Fc1cc(C(F)(F)F)ccc1CN1CCc2nc(-c3cncnc3)ncc2C1. The van der Waals surface area contributed by atoms with Crippen molar-refractivity contribution >= 4 is 0 Å². The summed E-state index contributed by atoms with van der Waals surface area (Å²) in [7, 11) is 0. The van der Waals surface area contributed by atoms with E-state index in [0.29, 0.717) is 31.4 Å². The number of hydrogen-bond acceptors (Lipinski definition) is 5. The summed E-state index contributed by atoms with van der Waals surface area (Å²) in [4.78, 5) is 18.8. The van der Waals surface area contributed by atoms with Crippen LogP contribution in [-0.2, 0) is 25.7 Å². The van der Waals surface area contributed by atoms with Crippen LogP contribution >= 0.6 is 0 Å². The van der Waals surface area contributed by atoms with Gasteiger partial charge in [-0.15, -0.1) is 0 Å². The van der Waals surface area contributed by atoms with Gasteiger partial charge >= 0.3 is 6.18 Å². The van der Waals surface area contributed by atoms with Crippen LogP contribution in [0.3, 0.4) is 0 Å². The lowest BCUT2D eigenvalue weighted by atomic mass is 10.0. The summed E-state index contributed by atoms with van der Waals surface area (Å²) in [6.07, 6.45) is 2.51. The van der Waals surface area contributed by atoms with E-state index in [9.17, 15) is 17.6 Å². The molecule has 3 aromatic rings. The Morgan fingerprint density at radius 3 is 2.57 bits per heavy atom. The zero-order valence-corrected chi connectivity index (χ0v) is 14.6. The average molecular weight is 389 g/mol. The topological polar surface area (TPSA) is 54.8 Å². The first-order chi connectivity index (χ1) is 13.4. The second kappa shape index (κ2) is 7.23. The average Bonchev–Trinajstić information content (AvgIpc) is 2.69. The number of rotatable bonds is 3. The molecule has 0 bridgehead atoms. The van der Waals surface area contributed by atoms with Gasteiger partial charge in [0.25, 0.3) is 0 Å². The highest BCUT2D eigenvalue weighted by Gasteiger charge is 2.31. The van der Waals surface area contributed by atoms with Crippen molar-refractivity contribution in [1.82, 2.24) is 24.8 Å². The molecule has 0 fully saturated rings. The maximum Gasteiger partial charge on any atom is 0.416 e. The number of aromatic nitrogens is 4. The smallest absolute Gasteiger partial charge is 0.294 e. The fraction of sp³-hybridized carbons (Fsp3) is 0.263. The summed E-state index contributed by atoms with van der Waals surface area (Å²) in [5, 5.41) is 0. The van der Waals surface area contributed by atoms with Crippen molar-refractivity contribution in [1.29, 1.82) is 0 Å². The molecule has 0 unspecified atom stereocenters. The van der Waals surface area contributed by atoms with Crippen LogP contribution in [0, 0.1) is 5.82 Å². The first kappa shape index (κ1) is 18.4. The Morgan fingerprint density at radius 1 is 1.07 bits per heavy atom. The molecule has 2 aromatic heterocycles. The summed E-state index contributed by atoms with van der Waals surface area (Å²) >= 11 is 0. The van der Waals surface area contributed by atoms with Gasteiger partial charge in [-0.2, -0.15) is 13.2 Å². The van der Waals surface area contributed by atoms with Crippen molar-refractivity contribution in [3.8, 4) is 11.4 Å². The largest absolute Gasteiger partial charge is 0.416 e. The van der Waals surface area contributed by atoms with Crippen molar-refractivity contribution in [2.45, 2.75) is 25.7 Å². The fourth-order valence-electron chi connectivity index (χ4n) is 3.16. The molecule has 3 heterocycles. The summed E-state index contributed by atoms with van der Waals surface area (Å²) in [6.45, 7) is 1.34. The lowest BCUT2D eigenvalue weighted by Gasteiger charge is -2.28. The van der Waals surface area contributed by atoms with Crippen molar-refractivity contribution < 1.29 is 17.6 Å². The van der Waals surface area contributed by atoms with Crippen LogP contribution in [0.1, 0.15) is 22.4 Å². The van der Waals surface area contributed by atoms with Gasteiger partial charge in [-0.25, -0.2) is 24.3 Å². The van der Waals surface area contributed by atoms with Gasteiger partial charge in [0, 0.05) is 55.8 Å². The van der Waals surface area contributed by atoms with Gasteiger partial charge < -0.3 is 0 Å². The van der Waals surface area contributed by atoms with Gasteiger partial charge in [-0.1, -0.05) is 6.07 Å². The Bertz CT molecular complexity index is 991. The van der Waals surface area contributed by atoms with Crippen LogP contribution in [0.25, 0.3) is 11.4 Å². The quantitative estimate of drug-likeness (QED) is 0.640. The second-order valence-electron chi connectivity index (χ2n) is 6.56. The maximum absolute atomic E-state index is 14.1. The molecule has 1 aromatic carbocycles. The Balaban J connectivity index is 1.49. The van der Waals surface area contributed by atoms with Gasteiger partial charge in [0.1, 0.15) is 12.1 Å². The molecule has 144 valence electrons. The zero-order valence-electron chi connectivity index (χ0n) is 14.6. The lowest BCUT2D eigenvalue weighted by molar-refractivity contribution is -0.137. The molecule has 0 aliphatic carbocycles. The summed E-state index contributed by atoms with van der Waals surface area (Å²) < 4.78 is 52.1. The second-order valence-corrected chi connectivity index (χ2v) is 6.56. The van der Waals surface area contributed by atoms with Crippen molar-refractivity contribution in [2.24, 2.45) is 0 Å². The minimum Gasteiger partial charge on any atom is -0.294 e. The van der Waals surface area contributed by atoms with Gasteiger partial charge in [-0.3, -0.25) is 4.90 Å². The first-order valence-corrected chi connectivity index (χ1v) is 8.58. The van der Waals surface area contributed by atoms with Crippen LogP contribution in [0.2, 0.25) is 0 Å². The van der Waals surface area contributed by atoms with E-state index in [2.05, 4.69) is 19.9 Å². The molecule has 0 saturated carbocycles. The first-order valence-electron chi connectivity index (χ1n) is 8.58.